The number of benzene rings is 1. The van der Waals surface area contributed by atoms with Gasteiger partial charge in [0.2, 0.25) is 5.89 Å². The number of oxazole rings is 1. The third kappa shape index (κ3) is 8.74. The monoisotopic (exact) mass is 506 g/mol. The molecule has 0 amide bonds. The van der Waals surface area contributed by atoms with Crippen LogP contribution in [-0.4, -0.2) is 44.0 Å². The van der Waals surface area contributed by atoms with Gasteiger partial charge in [-0.05, 0) is 32.4 Å². The average Bonchev–Trinajstić information content (AvgIpc) is 3.07. The normalized spacial score (nSPS) is 12.9. The second-order valence-electron chi connectivity index (χ2n) is 6.17. The van der Waals surface area contributed by atoms with E-state index in [-0.39, 0.29) is 35.8 Å². The number of aromatic nitrogens is 1. The number of nitrogens with zero attached hydrogens (tertiary/aromatic N) is 2. The lowest BCUT2D eigenvalue weighted by Crippen LogP contribution is -2.42. The van der Waals surface area contributed by atoms with Crippen LogP contribution in [0.2, 0.25) is 0 Å². The van der Waals surface area contributed by atoms with E-state index in [1.807, 2.05) is 44.2 Å². The number of aliphatic imine (C=N–C) groups is 1. The Balaban J connectivity index is 0.00000364. The van der Waals surface area contributed by atoms with Crippen LogP contribution in [-0.2, 0) is 16.4 Å². The zero-order valence-corrected chi connectivity index (χ0v) is 19.0. The first-order chi connectivity index (χ1) is 12.4. The van der Waals surface area contributed by atoms with Crippen LogP contribution >= 0.6 is 24.0 Å². The minimum Gasteiger partial charge on any atom is -0.444 e. The maximum atomic E-state index is 11.3. The van der Waals surface area contributed by atoms with Crippen LogP contribution < -0.4 is 10.6 Å². The smallest absolute Gasteiger partial charge is 0.226 e. The van der Waals surface area contributed by atoms with E-state index in [9.17, 15) is 8.42 Å². The van der Waals surface area contributed by atoms with Gasteiger partial charge in [0.1, 0.15) is 21.8 Å². The molecular formula is C18H27IN4O3S. The zero-order valence-electron chi connectivity index (χ0n) is 15.8. The Morgan fingerprint density at radius 2 is 2.00 bits per heavy atom. The van der Waals surface area contributed by atoms with Crippen LogP contribution in [0.15, 0.2) is 46.0 Å². The van der Waals surface area contributed by atoms with Crippen molar-refractivity contribution in [3.63, 3.8) is 0 Å². The summed E-state index contributed by atoms with van der Waals surface area (Å²) >= 11 is 0. The van der Waals surface area contributed by atoms with Gasteiger partial charge in [0.15, 0.2) is 5.96 Å². The van der Waals surface area contributed by atoms with Crippen molar-refractivity contribution in [3.8, 4) is 11.5 Å². The summed E-state index contributed by atoms with van der Waals surface area (Å²) in [5, 5.41) is 6.37. The molecule has 1 heterocycles. The second-order valence-corrected chi connectivity index (χ2v) is 8.43. The van der Waals surface area contributed by atoms with Crippen molar-refractivity contribution < 1.29 is 12.8 Å². The molecule has 1 unspecified atom stereocenters. The number of sulfone groups is 1. The molecule has 0 fully saturated rings. The number of halogens is 1. The molecule has 27 heavy (non-hydrogen) atoms. The van der Waals surface area contributed by atoms with Crippen LogP contribution in [0.5, 0.6) is 0 Å². The van der Waals surface area contributed by atoms with Gasteiger partial charge in [0, 0.05) is 24.4 Å². The minimum atomic E-state index is -2.97. The number of guanidine groups is 1. The highest BCUT2D eigenvalue weighted by atomic mass is 127. The van der Waals surface area contributed by atoms with Gasteiger partial charge < -0.3 is 15.1 Å². The molecule has 1 aromatic heterocycles. The predicted octanol–water partition coefficient (Wildman–Crippen LogP) is 2.84. The molecule has 2 N–H and O–H groups in total. The molecule has 7 nitrogen and oxygen atoms in total. The molecule has 0 saturated carbocycles. The van der Waals surface area contributed by atoms with E-state index in [1.54, 1.807) is 6.26 Å². The van der Waals surface area contributed by atoms with Crippen molar-refractivity contribution in [2.75, 3.05) is 18.6 Å². The first-order valence-electron chi connectivity index (χ1n) is 8.59. The molecule has 0 saturated heterocycles. The van der Waals surface area contributed by atoms with Gasteiger partial charge in [0.05, 0.1) is 12.3 Å². The quantitative estimate of drug-likeness (QED) is 0.325. The minimum absolute atomic E-state index is 0. The molecule has 0 spiro atoms. The summed E-state index contributed by atoms with van der Waals surface area (Å²) in [6.07, 6.45) is 3.36. The Hall–Kier alpha value is -1.62. The molecule has 2 rings (SSSR count). The highest BCUT2D eigenvalue weighted by molar-refractivity contribution is 14.0. The number of nitrogens with one attached hydrogen (secondary N) is 2. The summed E-state index contributed by atoms with van der Waals surface area (Å²) < 4.78 is 28.1. The Labute approximate surface area is 178 Å². The van der Waals surface area contributed by atoms with Crippen LogP contribution in [0, 0.1) is 0 Å². The van der Waals surface area contributed by atoms with Gasteiger partial charge >= 0.3 is 0 Å². The Morgan fingerprint density at radius 1 is 1.30 bits per heavy atom. The maximum absolute atomic E-state index is 11.3. The first-order valence-corrected chi connectivity index (χ1v) is 10.7. The summed E-state index contributed by atoms with van der Waals surface area (Å²) in [6.45, 7) is 4.98. The Kier molecular flexibility index (Phi) is 9.78. The lowest BCUT2D eigenvalue weighted by Gasteiger charge is -2.17. The van der Waals surface area contributed by atoms with Crippen LogP contribution in [0.1, 0.15) is 26.0 Å². The molecule has 1 aromatic carbocycles. The van der Waals surface area contributed by atoms with Gasteiger partial charge in [-0.1, -0.05) is 18.2 Å². The molecule has 0 aliphatic carbocycles. The topological polar surface area (TPSA) is 96.6 Å². The Morgan fingerprint density at radius 3 is 2.63 bits per heavy atom. The van der Waals surface area contributed by atoms with Gasteiger partial charge in [-0.15, -0.1) is 24.0 Å². The van der Waals surface area contributed by atoms with E-state index in [0.717, 1.165) is 11.3 Å². The third-order valence-corrected chi connectivity index (χ3v) is 4.60. The van der Waals surface area contributed by atoms with Crippen molar-refractivity contribution in [2.45, 2.75) is 32.9 Å². The van der Waals surface area contributed by atoms with Crippen molar-refractivity contribution >= 4 is 39.8 Å². The summed E-state index contributed by atoms with van der Waals surface area (Å²) in [5.41, 5.74) is 1.65. The SMILES string of the molecule is CCNC(=NCc1coc(-c2ccccc2)n1)NC(C)CCS(C)(=O)=O.I. The lowest BCUT2D eigenvalue weighted by atomic mass is 10.2. The van der Waals surface area contributed by atoms with Crippen molar-refractivity contribution in [3.05, 3.63) is 42.3 Å². The first kappa shape index (κ1) is 23.4. The predicted molar refractivity (Wildman–Crippen MR) is 119 cm³/mol. The zero-order chi connectivity index (χ0) is 19.0. The van der Waals surface area contributed by atoms with E-state index < -0.39 is 9.84 Å². The van der Waals surface area contributed by atoms with E-state index in [0.29, 0.717) is 31.4 Å². The van der Waals surface area contributed by atoms with Crippen molar-refractivity contribution in [2.24, 2.45) is 4.99 Å². The van der Waals surface area contributed by atoms with E-state index in [2.05, 4.69) is 20.6 Å². The fourth-order valence-corrected chi connectivity index (χ4v) is 3.05. The fraction of sp³-hybridized carbons (Fsp3) is 0.444. The standard InChI is InChI=1S/C18H26N4O3S.HI/c1-4-19-18(21-14(2)10-11-26(3,23)24)20-12-16-13-25-17(22-16)15-8-6-5-7-9-15;/h5-9,13-14H,4,10-12H2,1-3H3,(H2,19,20,21);1H. The fourth-order valence-electron chi connectivity index (χ4n) is 2.27. The molecule has 0 bridgehead atoms. The van der Waals surface area contributed by atoms with Crippen LogP contribution in [0.4, 0.5) is 0 Å². The average molecular weight is 506 g/mol. The molecule has 9 heteroatoms. The lowest BCUT2D eigenvalue weighted by molar-refractivity contribution is 0.572. The van der Waals surface area contributed by atoms with Gasteiger partial charge in [-0.25, -0.2) is 18.4 Å². The highest BCUT2D eigenvalue weighted by Crippen LogP contribution is 2.18. The third-order valence-electron chi connectivity index (χ3n) is 3.62. The molecule has 2 aromatic rings. The van der Waals surface area contributed by atoms with Gasteiger partial charge in [-0.2, -0.15) is 0 Å². The van der Waals surface area contributed by atoms with E-state index >= 15 is 0 Å². The summed E-state index contributed by atoms with van der Waals surface area (Å²) in [4.78, 5) is 8.95. The summed E-state index contributed by atoms with van der Waals surface area (Å²) in [6, 6.07) is 9.67. The van der Waals surface area contributed by atoms with Crippen molar-refractivity contribution in [1.29, 1.82) is 0 Å². The Bertz CT molecular complexity index is 822. The largest absolute Gasteiger partial charge is 0.444 e. The molecule has 1 atom stereocenters. The number of hydrogen-bond acceptors (Lipinski definition) is 5. The maximum Gasteiger partial charge on any atom is 0.226 e. The van der Waals surface area contributed by atoms with Crippen LogP contribution in [0.3, 0.4) is 0 Å². The molecule has 0 aliphatic heterocycles. The van der Waals surface area contributed by atoms with Gasteiger partial charge in [0.25, 0.3) is 0 Å². The summed E-state index contributed by atoms with van der Waals surface area (Å²) in [7, 11) is -2.97. The number of rotatable bonds is 8. The molecule has 0 radical (unpaired) electrons. The van der Waals surface area contributed by atoms with Crippen LogP contribution in [0.25, 0.3) is 11.5 Å². The van der Waals surface area contributed by atoms with Crippen molar-refractivity contribution in [1.82, 2.24) is 15.6 Å². The molecule has 150 valence electrons. The number of hydrogen-bond donors (Lipinski definition) is 2. The molecular weight excluding hydrogens is 479 g/mol. The second kappa shape index (κ2) is 11.3. The molecule has 0 aliphatic rings. The summed E-state index contributed by atoms with van der Waals surface area (Å²) in [5.74, 6) is 1.33. The van der Waals surface area contributed by atoms with Gasteiger partial charge in [-0.3, -0.25) is 0 Å². The highest BCUT2D eigenvalue weighted by Gasteiger charge is 2.10. The van der Waals surface area contributed by atoms with E-state index in [1.165, 1.54) is 6.26 Å². The van der Waals surface area contributed by atoms with E-state index in [4.69, 9.17) is 4.42 Å².